The number of carbonyl (C=O) groups excluding carboxylic acids is 1. The Balaban J connectivity index is 2.51. The van der Waals surface area contributed by atoms with E-state index in [4.69, 9.17) is 9.16 Å². The van der Waals surface area contributed by atoms with Crippen molar-refractivity contribution < 1.29 is 19.1 Å². The SMILES string of the molecule is COc1cccc2c(CO[Si](C)(C)C(C)(C)C)n(C[C@](C)(O)C(C)=O)nc12. The minimum Gasteiger partial charge on any atom is -0.494 e. The van der Waals surface area contributed by atoms with E-state index >= 15 is 0 Å². The van der Waals surface area contributed by atoms with Crippen LogP contribution >= 0.6 is 0 Å². The molecule has 0 radical (unpaired) electrons. The van der Waals surface area contributed by atoms with E-state index in [0.29, 0.717) is 17.9 Å². The van der Waals surface area contributed by atoms with Crippen molar-refractivity contribution in [1.82, 2.24) is 9.78 Å². The Morgan fingerprint density at radius 1 is 1.26 bits per heavy atom. The molecule has 0 amide bonds. The van der Waals surface area contributed by atoms with Gasteiger partial charge >= 0.3 is 0 Å². The zero-order valence-electron chi connectivity index (χ0n) is 17.7. The second kappa shape index (κ2) is 7.37. The van der Waals surface area contributed by atoms with E-state index in [-0.39, 0.29) is 17.4 Å². The van der Waals surface area contributed by atoms with Crippen LogP contribution in [0.5, 0.6) is 5.75 Å². The summed E-state index contributed by atoms with van der Waals surface area (Å²) in [5.74, 6) is 0.354. The van der Waals surface area contributed by atoms with Crippen LogP contribution in [0, 0.1) is 0 Å². The fourth-order valence-corrected chi connectivity index (χ4v) is 3.43. The van der Waals surface area contributed by atoms with Crippen molar-refractivity contribution in [3.8, 4) is 5.75 Å². The number of Topliss-reactive ketones (excluding diaryl/α,β-unsaturated/α-hetero) is 1. The van der Waals surface area contributed by atoms with E-state index in [0.717, 1.165) is 11.1 Å². The molecule has 0 bridgehead atoms. The summed E-state index contributed by atoms with van der Waals surface area (Å²) in [6.07, 6.45) is 0. The summed E-state index contributed by atoms with van der Waals surface area (Å²) in [5.41, 5.74) is 0.0458. The van der Waals surface area contributed by atoms with Gasteiger partial charge in [0, 0.05) is 5.39 Å². The van der Waals surface area contributed by atoms with Gasteiger partial charge in [-0.2, -0.15) is 5.10 Å². The lowest BCUT2D eigenvalue weighted by Gasteiger charge is -2.36. The largest absolute Gasteiger partial charge is 0.494 e. The Bertz CT molecular complexity index is 834. The zero-order valence-corrected chi connectivity index (χ0v) is 18.7. The first kappa shape index (κ1) is 21.6. The van der Waals surface area contributed by atoms with Crippen LogP contribution in [-0.4, -0.2) is 41.7 Å². The topological polar surface area (TPSA) is 73.6 Å². The Labute approximate surface area is 162 Å². The summed E-state index contributed by atoms with van der Waals surface area (Å²) in [4.78, 5) is 11.8. The minimum absolute atomic E-state index is 0.0658. The second-order valence-corrected chi connectivity index (χ2v) is 13.6. The van der Waals surface area contributed by atoms with Gasteiger partial charge in [0.15, 0.2) is 14.1 Å². The number of rotatable bonds is 7. The van der Waals surface area contributed by atoms with Gasteiger partial charge in [-0.3, -0.25) is 9.48 Å². The average Bonchev–Trinajstić information content (AvgIpc) is 2.88. The van der Waals surface area contributed by atoms with Crippen LogP contribution in [0.15, 0.2) is 18.2 Å². The van der Waals surface area contributed by atoms with Gasteiger partial charge in [0.05, 0.1) is 26.0 Å². The molecular formula is C20H32N2O4Si. The molecule has 27 heavy (non-hydrogen) atoms. The molecular weight excluding hydrogens is 360 g/mol. The summed E-state index contributed by atoms with van der Waals surface area (Å²) in [6.45, 7) is 14.3. The summed E-state index contributed by atoms with van der Waals surface area (Å²) in [7, 11) is -0.373. The molecule has 0 fully saturated rings. The van der Waals surface area contributed by atoms with Crippen molar-refractivity contribution in [2.75, 3.05) is 7.11 Å². The molecule has 1 aromatic carbocycles. The van der Waals surface area contributed by atoms with E-state index < -0.39 is 13.9 Å². The third-order valence-corrected chi connectivity index (χ3v) is 10.1. The highest BCUT2D eigenvalue weighted by atomic mass is 28.4. The Kier molecular flexibility index (Phi) is 5.90. The number of methoxy groups -OCH3 is 1. The number of benzene rings is 1. The average molecular weight is 393 g/mol. The molecule has 0 saturated carbocycles. The van der Waals surface area contributed by atoms with Crippen molar-refractivity contribution in [3.63, 3.8) is 0 Å². The number of hydrogen-bond acceptors (Lipinski definition) is 5. The molecule has 0 aliphatic rings. The molecule has 1 N–H and O–H groups in total. The Morgan fingerprint density at radius 2 is 1.89 bits per heavy atom. The predicted molar refractivity (Wildman–Crippen MR) is 110 cm³/mol. The van der Waals surface area contributed by atoms with Crippen molar-refractivity contribution in [2.45, 2.75) is 71.5 Å². The first-order valence-corrected chi connectivity index (χ1v) is 12.1. The summed E-state index contributed by atoms with van der Waals surface area (Å²) < 4.78 is 13.5. The van der Waals surface area contributed by atoms with Crippen molar-refractivity contribution >= 4 is 25.0 Å². The van der Waals surface area contributed by atoms with Crippen LogP contribution in [0.25, 0.3) is 10.9 Å². The first-order valence-electron chi connectivity index (χ1n) is 9.20. The molecule has 0 saturated heterocycles. The van der Waals surface area contributed by atoms with Gasteiger partial charge in [-0.1, -0.05) is 32.9 Å². The Hall–Kier alpha value is -1.70. The highest BCUT2D eigenvalue weighted by molar-refractivity contribution is 6.74. The lowest BCUT2D eigenvalue weighted by molar-refractivity contribution is -0.134. The molecule has 0 unspecified atom stereocenters. The molecule has 150 valence electrons. The highest BCUT2D eigenvalue weighted by Gasteiger charge is 2.38. The molecule has 1 heterocycles. The summed E-state index contributed by atoms with van der Waals surface area (Å²) >= 11 is 0. The van der Waals surface area contributed by atoms with Gasteiger partial charge in [-0.25, -0.2) is 0 Å². The first-order chi connectivity index (χ1) is 12.3. The standard InChI is InChI=1S/C20H32N2O4Si/c1-14(23)20(5,24)13-22-16(12-26-27(7,8)19(2,3)4)15-10-9-11-17(25-6)18(15)21-22/h9-11,24H,12-13H2,1-8H3/t20-/m0/s1. The van der Waals surface area contributed by atoms with Crippen LogP contribution in [0.4, 0.5) is 0 Å². The van der Waals surface area contributed by atoms with Crippen LogP contribution < -0.4 is 4.74 Å². The van der Waals surface area contributed by atoms with Crippen LogP contribution in [0.3, 0.4) is 0 Å². The van der Waals surface area contributed by atoms with E-state index in [1.165, 1.54) is 13.8 Å². The monoisotopic (exact) mass is 392 g/mol. The van der Waals surface area contributed by atoms with Gasteiger partial charge in [-0.15, -0.1) is 0 Å². The minimum atomic E-state index is -1.98. The normalized spacial score (nSPS) is 15.0. The van der Waals surface area contributed by atoms with E-state index in [9.17, 15) is 9.90 Å². The van der Waals surface area contributed by atoms with Gasteiger partial charge in [-0.05, 0) is 38.0 Å². The smallest absolute Gasteiger partial charge is 0.192 e. The molecule has 0 aliphatic carbocycles. The number of hydrogen-bond donors (Lipinski definition) is 1. The number of aromatic nitrogens is 2. The fraction of sp³-hybridized carbons (Fsp3) is 0.600. The molecule has 2 rings (SSSR count). The van der Waals surface area contributed by atoms with E-state index in [1.54, 1.807) is 11.8 Å². The highest BCUT2D eigenvalue weighted by Crippen LogP contribution is 2.38. The van der Waals surface area contributed by atoms with Crippen molar-refractivity contribution in [1.29, 1.82) is 0 Å². The summed E-state index contributed by atoms with van der Waals surface area (Å²) in [5, 5.41) is 16.1. The molecule has 0 aliphatic heterocycles. The maximum atomic E-state index is 11.8. The number of fused-ring (bicyclic) bond motifs is 1. The third kappa shape index (κ3) is 4.42. The molecule has 7 heteroatoms. The van der Waals surface area contributed by atoms with Crippen LogP contribution in [0.1, 0.15) is 40.3 Å². The van der Waals surface area contributed by atoms with E-state index in [2.05, 4.69) is 39.0 Å². The molecule has 1 atom stereocenters. The van der Waals surface area contributed by atoms with Gasteiger partial charge in [0.1, 0.15) is 16.9 Å². The predicted octanol–water partition coefficient (Wildman–Crippen LogP) is 3.91. The number of carbonyl (C=O) groups is 1. The van der Waals surface area contributed by atoms with Gasteiger partial charge in [0.25, 0.3) is 0 Å². The van der Waals surface area contributed by atoms with Gasteiger partial charge in [0.2, 0.25) is 0 Å². The zero-order chi connectivity index (χ0) is 20.6. The molecule has 2 aromatic rings. The molecule has 6 nitrogen and oxygen atoms in total. The third-order valence-electron chi connectivity index (χ3n) is 5.65. The molecule has 0 spiro atoms. The number of nitrogens with zero attached hydrogens (tertiary/aromatic N) is 2. The second-order valence-electron chi connectivity index (χ2n) is 8.84. The van der Waals surface area contributed by atoms with E-state index in [1.807, 2.05) is 18.2 Å². The number of ether oxygens (including phenoxy) is 1. The molecule has 1 aromatic heterocycles. The van der Waals surface area contributed by atoms with Gasteiger partial charge < -0.3 is 14.3 Å². The maximum absolute atomic E-state index is 11.8. The lowest BCUT2D eigenvalue weighted by Crippen LogP contribution is -2.41. The number of aliphatic hydroxyl groups is 1. The van der Waals surface area contributed by atoms with Crippen LogP contribution in [-0.2, 0) is 22.4 Å². The lowest BCUT2D eigenvalue weighted by atomic mass is 10.0. The number of ketones is 1. The Morgan fingerprint density at radius 3 is 2.41 bits per heavy atom. The van der Waals surface area contributed by atoms with Crippen molar-refractivity contribution in [2.24, 2.45) is 0 Å². The quantitative estimate of drug-likeness (QED) is 0.723. The summed E-state index contributed by atoms with van der Waals surface area (Å²) in [6, 6.07) is 5.72. The fourth-order valence-electron chi connectivity index (χ4n) is 2.49. The van der Waals surface area contributed by atoms with Crippen molar-refractivity contribution in [3.05, 3.63) is 23.9 Å². The van der Waals surface area contributed by atoms with Crippen LogP contribution in [0.2, 0.25) is 18.1 Å². The maximum Gasteiger partial charge on any atom is 0.192 e.